The number of hydrogen-bond acceptors (Lipinski definition) is 4. The Morgan fingerprint density at radius 3 is 2.52 bits per heavy atom. The lowest BCUT2D eigenvalue weighted by Crippen LogP contribution is -2.40. The second-order valence-electron chi connectivity index (χ2n) is 4.41. The lowest BCUT2D eigenvalue weighted by Gasteiger charge is -2.15. The molecule has 8 heteroatoms. The Hall–Kier alpha value is -1.31. The molecule has 0 aliphatic rings. The van der Waals surface area contributed by atoms with Gasteiger partial charge in [-0.05, 0) is 38.1 Å². The number of benzene rings is 1. The molecular formula is C13H19ClN2O4S. The van der Waals surface area contributed by atoms with Gasteiger partial charge in [-0.2, -0.15) is 0 Å². The van der Waals surface area contributed by atoms with Crippen molar-refractivity contribution in [3.63, 3.8) is 0 Å². The normalized spacial score (nSPS) is 12.7. The number of ether oxygens (including phenoxy) is 1. The van der Waals surface area contributed by atoms with E-state index in [2.05, 4.69) is 10.0 Å². The van der Waals surface area contributed by atoms with Crippen LogP contribution in [-0.4, -0.2) is 39.3 Å². The summed E-state index contributed by atoms with van der Waals surface area (Å²) >= 11 is 5.77. The maximum Gasteiger partial charge on any atom is 0.235 e. The van der Waals surface area contributed by atoms with E-state index in [1.54, 1.807) is 31.2 Å². The monoisotopic (exact) mass is 334 g/mol. The first-order valence-corrected chi connectivity index (χ1v) is 8.51. The van der Waals surface area contributed by atoms with Crippen molar-refractivity contribution in [3.8, 4) is 5.75 Å². The van der Waals surface area contributed by atoms with Gasteiger partial charge in [-0.1, -0.05) is 11.6 Å². The average molecular weight is 335 g/mol. The molecule has 0 saturated carbocycles. The molecule has 2 N–H and O–H groups in total. The number of halogens is 1. The zero-order valence-corrected chi connectivity index (χ0v) is 13.5. The fraction of sp³-hybridized carbons (Fsp3) is 0.462. The minimum absolute atomic E-state index is 0.0592. The number of sulfonamides is 1. The molecule has 0 unspecified atom stereocenters. The fourth-order valence-corrected chi connectivity index (χ4v) is 2.07. The van der Waals surface area contributed by atoms with Gasteiger partial charge in [0.1, 0.15) is 11.9 Å². The van der Waals surface area contributed by atoms with Crippen LogP contribution in [0.15, 0.2) is 24.3 Å². The van der Waals surface area contributed by atoms with Crippen LogP contribution in [0.2, 0.25) is 5.02 Å². The predicted octanol–water partition coefficient (Wildman–Crippen LogP) is 1.16. The second kappa shape index (κ2) is 8.21. The Morgan fingerprint density at radius 1 is 1.33 bits per heavy atom. The van der Waals surface area contributed by atoms with E-state index in [4.69, 9.17) is 16.3 Å². The molecule has 0 heterocycles. The molecule has 1 aromatic rings. The maximum absolute atomic E-state index is 11.5. The first-order valence-electron chi connectivity index (χ1n) is 6.48. The van der Waals surface area contributed by atoms with Crippen molar-refractivity contribution >= 4 is 27.5 Å². The van der Waals surface area contributed by atoms with E-state index in [0.717, 1.165) is 0 Å². The molecule has 21 heavy (non-hydrogen) atoms. The van der Waals surface area contributed by atoms with Crippen molar-refractivity contribution in [2.24, 2.45) is 0 Å². The van der Waals surface area contributed by atoms with Crippen molar-refractivity contribution in [3.05, 3.63) is 29.3 Å². The summed E-state index contributed by atoms with van der Waals surface area (Å²) in [6.07, 6.45) is -0.252. The summed E-state index contributed by atoms with van der Waals surface area (Å²) in [5, 5.41) is 3.21. The van der Waals surface area contributed by atoms with Gasteiger partial charge in [0.2, 0.25) is 15.9 Å². The van der Waals surface area contributed by atoms with Crippen LogP contribution in [0, 0.1) is 0 Å². The molecule has 0 radical (unpaired) electrons. The van der Waals surface area contributed by atoms with E-state index in [9.17, 15) is 13.2 Å². The summed E-state index contributed by atoms with van der Waals surface area (Å²) < 4.78 is 30.1. The molecule has 1 atom stereocenters. The average Bonchev–Trinajstić information content (AvgIpc) is 2.45. The van der Waals surface area contributed by atoms with Crippen molar-refractivity contribution < 1.29 is 17.9 Å². The molecule has 1 aromatic carbocycles. The zero-order valence-electron chi connectivity index (χ0n) is 11.9. The highest BCUT2D eigenvalue weighted by Crippen LogP contribution is 2.16. The van der Waals surface area contributed by atoms with Gasteiger partial charge in [0.25, 0.3) is 0 Å². The Labute approximate surface area is 129 Å². The first-order chi connectivity index (χ1) is 9.82. The smallest absolute Gasteiger partial charge is 0.235 e. The Kier molecular flexibility index (Phi) is 6.94. The maximum atomic E-state index is 11.5. The minimum atomic E-state index is -3.36. The summed E-state index contributed by atoms with van der Waals surface area (Å²) in [6, 6.07) is 6.88. The summed E-state index contributed by atoms with van der Waals surface area (Å²) in [7, 11) is -3.36. The molecule has 0 spiro atoms. The fourth-order valence-electron chi connectivity index (χ4n) is 1.38. The van der Waals surface area contributed by atoms with Gasteiger partial charge < -0.3 is 10.1 Å². The molecular weight excluding hydrogens is 316 g/mol. The largest absolute Gasteiger partial charge is 0.489 e. The zero-order chi connectivity index (χ0) is 15.9. The Balaban J connectivity index is 2.31. The van der Waals surface area contributed by atoms with Crippen LogP contribution in [0.5, 0.6) is 5.75 Å². The quantitative estimate of drug-likeness (QED) is 0.747. The standard InChI is InChI=1S/C13H19ClN2O4S/c1-3-21(18,19)16-9-13(17)15-8-10(2)20-12-6-4-11(14)5-7-12/h4-7,10,16H,3,8-9H2,1-2H3,(H,15,17)/t10-/m0/s1. The topological polar surface area (TPSA) is 84.5 Å². The van der Waals surface area contributed by atoms with Gasteiger partial charge >= 0.3 is 0 Å². The van der Waals surface area contributed by atoms with E-state index in [1.165, 1.54) is 6.92 Å². The molecule has 0 aromatic heterocycles. The minimum Gasteiger partial charge on any atom is -0.489 e. The number of rotatable bonds is 8. The van der Waals surface area contributed by atoms with Crippen LogP contribution in [0.3, 0.4) is 0 Å². The van der Waals surface area contributed by atoms with Gasteiger partial charge in [0, 0.05) is 5.02 Å². The lowest BCUT2D eigenvalue weighted by molar-refractivity contribution is -0.120. The third kappa shape index (κ3) is 7.31. The molecule has 6 nitrogen and oxygen atoms in total. The highest BCUT2D eigenvalue weighted by molar-refractivity contribution is 7.89. The van der Waals surface area contributed by atoms with Crippen LogP contribution in [-0.2, 0) is 14.8 Å². The Morgan fingerprint density at radius 2 is 1.95 bits per heavy atom. The number of nitrogens with one attached hydrogen (secondary N) is 2. The van der Waals surface area contributed by atoms with E-state index in [-0.39, 0.29) is 24.9 Å². The molecule has 0 aliphatic carbocycles. The van der Waals surface area contributed by atoms with Crippen molar-refractivity contribution in [1.82, 2.24) is 10.0 Å². The van der Waals surface area contributed by atoms with Gasteiger partial charge in [-0.25, -0.2) is 13.1 Å². The van der Waals surface area contributed by atoms with Crippen LogP contribution in [0.4, 0.5) is 0 Å². The van der Waals surface area contributed by atoms with Crippen molar-refractivity contribution in [2.45, 2.75) is 20.0 Å². The first kappa shape index (κ1) is 17.7. The number of hydrogen-bond donors (Lipinski definition) is 2. The lowest BCUT2D eigenvalue weighted by atomic mass is 10.3. The van der Waals surface area contributed by atoms with Crippen LogP contribution >= 0.6 is 11.6 Å². The Bertz CT molecular complexity index is 560. The molecule has 0 saturated heterocycles. The molecule has 1 rings (SSSR count). The third-order valence-corrected chi connectivity index (χ3v) is 4.17. The predicted molar refractivity (Wildman–Crippen MR) is 82.0 cm³/mol. The van der Waals surface area contributed by atoms with Gasteiger partial charge in [0.15, 0.2) is 0 Å². The summed E-state index contributed by atoms with van der Waals surface area (Å²) in [4.78, 5) is 11.5. The van der Waals surface area contributed by atoms with Crippen LogP contribution < -0.4 is 14.8 Å². The number of carbonyl (C=O) groups is 1. The molecule has 0 fully saturated rings. The van der Waals surface area contributed by atoms with E-state index < -0.39 is 15.9 Å². The number of amides is 1. The van der Waals surface area contributed by atoms with Crippen molar-refractivity contribution in [1.29, 1.82) is 0 Å². The van der Waals surface area contributed by atoms with Crippen LogP contribution in [0.25, 0.3) is 0 Å². The van der Waals surface area contributed by atoms with E-state index in [0.29, 0.717) is 10.8 Å². The molecule has 1 amide bonds. The van der Waals surface area contributed by atoms with Crippen LogP contribution in [0.1, 0.15) is 13.8 Å². The van der Waals surface area contributed by atoms with Gasteiger partial charge in [-0.3, -0.25) is 4.79 Å². The molecule has 0 aliphatic heterocycles. The SMILES string of the molecule is CCS(=O)(=O)NCC(=O)NC[C@H](C)Oc1ccc(Cl)cc1. The molecule has 0 bridgehead atoms. The summed E-state index contributed by atoms with van der Waals surface area (Å²) in [6.45, 7) is 3.30. The van der Waals surface area contributed by atoms with Gasteiger partial charge in [-0.15, -0.1) is 0 Å². The van der Waals surface area contributed by atoms with E-state index >= 15 is 0 Å². The number of carbonyl (C=O) groups excluding carboxylic acids is 1. The van der Waals surface area contributed by atoms with E-state index in [1.807, 2.05) is 0 Å². The highest BCUT2D eigenvalue weighted by atomic mass is 35.5. The third-order valence-electron chi connectivity index (χ3n) is 2.57. The summed E-state index contributed by atoms with van der Waals surface area (Å²) in [5.74, 6) is 0.183. The van der Waals surface area contributed by atoms with Crippen molar-refractivity contribution in [2.75, 3.05) is 18.8 Å². The summed E-state index contributed by atoms with van der Waals surface area (Å²) in [5.41, 5.74) is 0. The van der Waals surface area contributed by atoms with Gasteiger partial charge in [0.05, 0.1) is 18.8 Å². The second-order valence-corrected chi connectivity index (χ2v) is 6.94. The highest BCUT2D eigenvalue weighted by Gasteiger charge is 2.11. The molecule has 118 valence electrons.